The van der Waals surface area contributed by atoms with Crippen molar-refractivity contribution in [2.45, 2.75) is 25.3 Å². The molecule has 18 heavy (non-hydrogen) atoms. The zero-order valence-electron chi connectivity index (χ0n) is 10.1. The zero-order chi connectivity index (χ0) is 12.4. The highest BCUT2D eigenvalue weighted by atomic mass is 16.5. The third-order valence-corrected chi connectivity index (χ3v) is 3.38. The minimum atomic E-state index is 0.420. The second kappa shape index (κ2) is 4.78. The fraction of sp³-hybridized carbons (Fsp3) is 0.385. The maximum atomic E-state index is 5.79. The molecule has 0 saturated carbocycles. The monoisotopic (exact) mass is 244 g/mol. The topological polar surface area (TPSA) is 77.0 Å². The molecule has 1 aromatic carbocycles. The number of hydrogen-bond donors (Lipinski definition) is 2. The zero-order valence-corrected chi connectivity index (χ0v) is 10.1. The Hall–Kier alpha value is -1.88. The van der Waals surface area contributed by atoms with E-state index in [-0.39, 0.29) is 0 Å². The van der Waals surface area contributed by atoms with E-state index < -0.39 is 0 Å². The Kier molecular flexibility index (Phi) is 2.98. The average Bonchev–Trinajstić information content (AvgIpc) is 2.99. The van der Waals surface area contributed by atoms with Crippen LogP contribution in [0.15, 0.2) is 29.0 Å². The van der Waals surface area contributed by atoms with Crippen LogP contribution in [0.5, 0.6) is 0 Å². The molecule has 1 heterocycles. The van der Waals surface area contributed by atoms with Gasteiger partial charge in [-0.1, -0.05) is 11.2 Å². The molecule has 3 N–H and O–H groups in total. The summed E-state index contributed by atoms with van der Waals surface area (Å²) in [5.41, 5.74) is 9.38. The highest BCUT2D eigenvalue weighted by Gasteiger charge is 2.21. The van der Waals surface area contributed by atoms with E-state index in [0.717, 1.165) is 31.5 Å². The van der Waals surface area contributed by atoms with Crippen molar-refractivity contribution < 1.29 is 4.52 Å². The largest absolute Gasteiger partial charge is 0.399 e. The molecule has 0 bridgehead atoms. The molecule has 1 aromatic heterocycles. The maximum absolute atomic E-state index is 5.79. The summed E-state index contributed by atoms with van der Waals surface area (Å²) in [5, 5.41) is 7.12. The minimum Gasteiger partial charge on any atom is -0.399 e. The van der Waals surface area contributed by atoms with Crippen molar-refractivity contribution in [3.05, 3.63) is 41.5 Å². The Bertz CT molecular complexity index is 524. The number of nitrogens with one attached hydrogen (secondary N) is 1. The Morgan fingerprint density at radius 3 is 3.22 bits per heavy atom. The third-order valence-electron chi connectivity index (χ3n) is 3.38. The molecule has 0 aliphatic heterocycles. The summed E-state index contributed by atoms with van der Waals surface area (Å²) in [6.45, 7) is 0.844. The molecule has 5 nitrogen and oxygen atoms in total. The number of aryl methyl sites for hydroxylation is 1. The van der Waals surface area contributed by atoms with Crippen molar-refractivity contribution in [2.75, 3.05) is 12.3 Å². The third kappa shape index (κ3) is 2.22. The fourth-order valence-corrected chi connectivity index (χ4v) is 2.51. The molecular formula is C13H16N4O. The lowest BCUT2D eigenvalue weighted by molar-refractivity contribution is 0.371. The predicted octanol–water partition coefficient (Wildman–Crippen LogP) is 1.47. The van der Waals surface area contributed by atoms with Crippen LogP contribution in [0, 0.1) is 0 Å². The van der Waals surface area contributed by atoms with Crippen LogP contribution in [-0.2, 0) is 12.8 Å². The molecule has 1 aliphatic carbocycles. The lowest BCUT2D eigenvalue weighted by Gasteiger charge is -2.13. The molecule has 1 aliphatic rings. The van der Waals surface area contributed by atoms with Gasteiger partial charge in [0, 0.05) is 24.7 Å². The molecule has 2 aromatic rings. The Labute approximate surface area is 105 Å². The average molecular weight is 244 g/mol. The Morgan fingerprint density at radius 1 is 1.44 bits per heavy atom. The molecule has 5 heteroatoms. The van der Waals surface area contributed by atoms with E-state index in [2.05, 4.69) is 27.6 Å². The molecule has 94 valence electrons. The summed E-state index contributed by atoms with van der Waals surface area (Å²) in [5.74, 6) is 0.679. The first-order valence-corrected chi connectivity index (χ1v) is 6.20. The van der Waals surface area contributed by atoms with Crippen LogP contribution in [-0.4, -0.2) is 16.7 Å². The number of hydrogen-bond acceptors (Lipinski definition) is 5. The van der Waals surface area contributed by atoms with Crippen LogP contribution < -0.4 is 11.1 Å². The Balaban J connectivity index is 1.59. The van der Waals surface area contributed by atoms with Gasteiger partial charge in [0.15, 0.2) is 6.33 Å². The lowest BCUT2D eigenvalue weighted by atomic mass is 10.1. The molecule has 1 atom stereocenters. The van der Waals surface area contributed by atoms with Gasteiger partial charge in [-0.3, -0.25) is 0 Å². The van der Waals surface area contributed by atoms with Crippen LogP contribution >= 0.6 is 0 Å². The van der Waals surface area contributed by atoms with Gasteiger partial charge in [-0.2, -0.15) is 4.98 Å². The maximum Gasteiger partial charge on any atom is 0.227 e. The molecule has 3 rings (SSSR count). The standard InChI is InChI=1S/C13H16N4O/c14-10-2-3-11-9(7-10)1-4-12(11)15-6-5-13-16-8-17-18-13/h2-3,7-8,12,15H,1,4-6,14H2. The van der Waals surface area contributed by atoms with E-state index >= 15 is 0 Å². The number of aromatic nitrogens is 2. The molecule has 1 unspecified atom stereocenters. The van der Waals surface area contributed by atoms with Gasteiger partial charge in [-0.25, -0.2) is 0 Å². The number of anilines is 1. The fourth-order valence-electron chi connectivity index (χ4n) is 2.51. The molecule has 0 radical (unpaired) electrons. The summed E-state index contributed by atoms with van der Waals surface area (Å²) >= 11 is 0. The van der Waals surface area contributed by atoms with Crippen molar-refractivity contribution in [2.24, 2.45) is 0 Å². The number of nitrogens with two attached hydrogens (primary N) is 1. The molecular weight excluding hydrogens is 228 g/mol. The quantitative estimate of drug-likeness (QED) is 0.796. The number of nitrogen functional groups attached to an aromatic ring is 1. The number of rotatable bonds is 4. The van der Waals surface area contributed by atoms with Gasteiger partial charge in [0.2, 0.25) is 5.89 Å². The molecule has 0 amide bonds. The van der Waals surface area contributed by atoms with Crippen LogP contribution in [0.1, 0.15) is 29.5 Å². The number of fused-ring (bicyclic) bond motifs is 1. The summed E-state index contributed by atoms with van der Waals surface area (Å²) in [6, 6.07) is 6.59. The normalized spacial score (nSPS) is 17.9. The second-order valence-electron chi connectivity index (χ2n) is 4.59. The first kappa shape index (κ1) is 11.2. The second-order valence-corrected chi connectivity index (χ2v) is 4.59. The van der Waals surface area contributed by atoms with E-state index in [0.29, 0.717) is 11.9 Å². The van der Waals surface area contributed by atoms with Gasteiger partial charge >= 0.3 is 0 Å². The van der Waals surface area contributed by atoms with Gasteiger partial charge in [-0.15, -0.1) is 0 Å². The lowest BCUT2D eigenvalue weighted by Crippen LogP contribution is -2.22. The summed E-state index contributed by atoms with van der Waals surface area (Å²) in [4.78, 5) is 4.00. The minimum absolute atomic E-state index is 0.420. The highest BCUT2D eigenvalue weighted by Crippen LogP contribution is 2.32. The predicted molar refractivity (Wildman–Crippen MR) is 67.9 cm³/mol. The van der Waals surface area contributed by atoms with E-state index in [4.69, 9.17) is 10.3 Å². The van der Waals surface area contributed by atoms with Crippen LogP contribution in [0.4, 0.5) is 5.69 Å². The van der Waals surface area contributed by atoms with Gasteiger partial charge in [0.05, 0.1) is 0 Å². The molecule has 0 saturated heterocycles. The van der Waals surface area contributed by atoms with Crippen molar-refractivity contribution in [3.63, 3.8) is 0 Å². The smallest absolute Gasteiger partial charge is 0.227 e. The van der Waals surface area contributed by atoms with E-state index in [1.807, 2.05) is 6.07 Å². The molecule has 0 spiro atoms. The van der Waals surface area contributed by atoms with Crippen molar-refractivity contribution in [1.82, 2.24) is 15.5 Å². The van der Waals surface area contributed by atoms with E-state index in [1.54, 1.807) is 0 Å². The highest BCUT2D eigenvalue weighted by molar-refractivity contribution is 5.47. The first-order valence-electron chi connectivity index (χ1n) is 6.20. The summed E-state index contributed by atoms with van der Waals surface area (Å²) in [7, 11) is 0. The Morgan fingerprint density at radius 2 is 2.39 bits per heavy atom. The van der Waals surface area contributed by atoms with Gasteiger partial charge in [-0.05, 0) is 36.1 Å². The molecule has 0 fully saturated rings. The van der Waals surface area contributed by atoms with E-state index in [9.17, 15) is 0 Å². The number of nitrogens with zero attached hydrogens (tertiary/aromatic N) is 2. The van der Waals surface area contributed by atoms with Gasteiger partial charge in [0.25, 0.3) is 0 Å². The van der Waals surface area contributed by atoms with Gasteiger partial charge in [0.1, 0.15) is 0 Å². The SMILES string of the molecule is Nc1ccc2c(c1)CCC2NCCc1ncno1. The van der Waals surface area contributed by atoms with Crippen molar-refractivity contribution >= 4 is 5.69 Å². The van der Waals surface area contributed by atoms with E-state index in [1.165, 1.54) is 17.5 Å². The van der Waals surface area contributed by atoms with Crippen LogP contribution in [0.3, 0.4) is 0 Å². The number of benzene rings is 1. The summed E-state index contributed by atoms with van der Waals surface area (Å²) in [6.07, 6.45) is 4.42. The van der Waals surface area contributed by atoms with Crippen LogP contribution in [0.25, 0.3) is 0 Å². The van der Waals surface area contributed by atoms with Crippen molar-refractivity contribution in [3.8, 4) is 0 Å². The first-order chi connectivity index (χ1) is 8.83. The summed E-state index contributed by atoms with van der Waals surface area (Å²) < 4.78 is 4.97. The van der Waals surface area contributed by atoms with Crippen molar-refractivity contribution in [1.29, 1.82) is 0 Å². The van der Waals surface area contributed by atoms with Gasteiger partial charge < -0.3 is 15.6 Å². The van der Waals surface area contributed by atoms with Crippen LogP contribution in [0.2, 0.25) is 0 Å².